The zero-order valence-corrected chi connectivity index (χ0v) is 13.8. The Labute approximate surface area is 134 Å². The Bertz CT molecular complexity index is 389. The van der Waals surface area contributed by atoms with Gasteiger partial charge >= 0.3 is 0 Å². The molecule has 1 saturated carbocycles. The van der Waals surface area contributed by atoms with Crippen LogP contribution in [0.25, 0.3) is 0 Å². The first-order valence-corrected chi connectivity index (χ1v) is 9.22. The first-order chi connectivity index (χ1) is 10.7. The van der Waals surface area contributed by atoms with Gasteiger partial charge in [-0.05, 0) is 51.1 Å². The van der Waals surface area contributed by atoms with E-state index in [1.54, 1.807) is 0 Å². The number of nitrogens with zero attached hydrogens (tertiary/aromatic N) is 1. The normalized spacial score (nSPS) is 38.4. The average Bonchev–Trinajstić information content (AvgIpc) is 3.04. The second kappa shape index (κ2) is 7.28. The molecule has 0 aromatic heterocycles. The van der Waals surface area contributed by atoms with E-state index in [2.05, 4.69) is 15.5 Å². The lowest BCUT2D eigenvalue weighted by atomic mass is 10.1. The Morgan fingerprint density at radius 2 is 1.91 bits per heavy atom. The summed E-state index contributed by atoms with van der Waals surface area (Å²) in [7, 11) is 0. The van der Waals surface area contributed by atoms with Crippen molar-refractivity contribution in [2.75, 3.05) is 32.7 Å². The van der Waals surface area contributed by atoms with Gasteiger partial charge in [0.15, 0.2) is 0 Å². The third-order valence-electron chi connectivity index (χ3n) is 5.93. The van der Waals surface area contributed by atoms with Crippen LogP contribution < -0.4 is 16.4 Å². The molecule has 1 aliphatic carbocycles. The fourth-order valence-electron chi connectivity index (χ4n) is 4.35. The monoisotopic (exact) mass is 308 g/mol. The molecule has 2 heterocycles. The zero-order valence-electron chi connectivity index (χ0n) is 13.8. The van der Waals surface area contributed by atoms with E-state index in [4.69, 9.17) is 5.73 Å². The number of carbonyl (C=O) groups excluding carboxylic acids is 1. The minimum absolute atomic E-state index is 0.131. The number of nitrogens with two attached hydrogens (primary N) is 1. The van der Waals surface area contributed by atoms with Crippen molar-refractivity contribution >= 4 is 5.91 Å². The van der Waals surface area contributed by atoms with Gasteiger partial charge in [0.1, 0.15) is 5.54 Å². The second-order valence-electron chi connectivity index (χ2n) is 7.40. The quantitative estimate of drug-likeness (QED) is 0.671. The molecule has 0 spiro atoms. The summed E-state index contributed by atoms with van der Waals surface area (Å²) in [5.41, 5.74) is 5.33. The van der Waals surface area contributed by atoms with Crippen molar-refractivity contribution in [2.45, 2.75) is 62.9 Å². The summed E-state index contributed by atoms with van der Waals surface area (Å²) in [5.74, 6) is 0.344. The molecule has 2 saturated heterocycles. The number of rotatable bonds is 1. The van der Waals surface area contributed by atoms with Crippen LogP contribution in [0.15, 0.2) is 0 Å². The summed E-state index contributed by atoms with van der Waals surface area (Å²) in [5, 5.41) is 7.15. The van der Waals surface area contributed by atoms with E-state index >= 15 is 0 Å². The highest BCUT2D eigenvalue weighted by molar-refractivity contribution is 5.88. The van der Waals surface area contributed by atoms with E-state index in [1.807, 2.05) is 0 Å². The van der Waals surface area contributed by atoms with Gasteiger partial charge in [-0.3, -0.25) is 9.69 Å². The Kier molecular flexibility index (Phi) is 5.37. The van der Waals surface area contributed by atoms with E-state index < -0.39 is 0 Å². The fraction of sp³-hybridized carbons (Fsp3) is 0.941. The van der Waals surface area contributed by atoms with Gasteiger partial charge in [0.05, 0.1) is 0 Å². The van der Waals surface area contributed by atoms with Crippen LogP contribution in [0, 0.1) is 5.92 Å². The molecule has 5 nitrogen and oxygen atoms in total. The van der Waals surface area contributed by atoms with Crippen molar-refractivity contribution < 1.29 is 4.79 Å². The van der Waals surface area contributed by atoms with Gasteiger partial charge in [-0.2, -0.15) is 0 Å². The van der Waals surface area contributed by atoms with Crippen LogP contribution in [0.2, 0.25) is 0 Å². The molecule has 0 aromatic carbocycles. The van der Waals surface area contributed by atoms with Crippen molar-refractivity contribution in [1.82, 2.24) is 15.5 Å². The second-order valence-corrected chi connectivity index (χ2v) is 7.40. The van der Waals surface area contributed by atoms with Gasteiger partial charge in [0.2, 0.25) is 5.91 Å². The maximum absolute atomic E-state index is 11.9. The van der Waals surface area contributed by atoms with Gasteiger partial charge in [-0.1, -0.05) is 19.3 Å². The third kappa shape index (κ3) is 3.63. The summed E-state index contributed by atoms with van der Waals surface area (Å²) < 4.78 is 0. The maximum atomic E-state index is 11.9. The number of carbonyl (C=O) groups is 1. The van der Waals surface area contributed by atoms with Gasteiger partial charge < -0.3 is 16.4 Å². The van der Waals surface area contributed by atoms with Crippen LogP contribution in [0.3, 0.4) is 0 Å². The highest BCUT2D eigenvalue weighted by Gasteiger charge is 2.58. The smallest absolute Gasteiger partial charge is 0.238 e. The van der Waals surface area contributed by atoms with Crippen molar-refractivity contribution in [1.29, 1.82) is 0 Å². The van der Waals surface area contributed by atoms with Gasteiger partial charge in [-0.25, -0.2) is 0 Å². The number of primary amides is 1. The van der Waals surface area contributed by atoms with Crippen molar-refractivity contribution in [2.24, 2.45) is 11.7 Å². The average molecular weight is 308 g/mol. The standard InChI is InChI=1S/C17H32N4O/c18-16(22)17-12-14(17)6-3-1-2-4-8-19-9-11-21-10-5-7-15(21)13-20-17/h14-15,19-20H,1-13H2,(H2,18,22). The first-order valence-electron chi connectivity index (χ1n) is 9.22. The topological polar surface area (TPSA) is 70.4 Å². The number of hydrogen-bond acceptors (Lipinski definition) is 4. The SMILES string of the molecule is NC(=O)C12CC1CCCCCCNCCN1CCCC1CN2. The number of fused-ring (bicyclic) bond motifs is 2. The summed E-state index contributed by atoms with van der Waals surface area (Å²) in [6.45, 7) is 5.46. The molecule has 3 fully saturated rings. The minimum Gasteiger partial charge on any atom is -0.368 e. The van der Waals surface area contributed by atoms with E-state index in [0.717, 1.165) is 39.0 Å². The fourth-order valence-corrected chi connectivity index (χ4v) is 4.35. The van der Waals surface area contributed by atoms with Gasteiger partial charge in [0, 0.05) is 25.7 Å². The molecule has 0 aromatic rings. The van der Waals surface area contributed by atoms with Crippen molar-refractivity contribution in [3.8, 4) is 0 Å². The van der Waals surface area contributed by atoms with Crippen LogP contribution >= 0.6 is 0 Å². The third-order valence-corrected chi connectivity index (χ3v) is 5.93. The molecule has 0 radical (unpaired) electrons. The lowest BCUT2D eigenvalue weighted by Gasteiger charge is -2.27. The Morgan fingerprint density at radius 3 is 2.77 bits per heavy atom. The highest BCUT2D eigenvalue weighted by atomic mass is 16.1. The molecule has 3 rings (SSSR count). The number of nitrogens with one attached hydrogen (secondary N) is 2. The molecule has 1 amide bonds. The van der Waals surface area contributed by atoms with Gasteiger partial charge in [-0.15, -0.1) is 0 Å². The molecular weight excluding hydrogens is 276 g/mol. The molecule has 5 heteroatoms. The predicted octanol–water partition coefficient (Wildman–Crippen LogP) is 0.838. The molecule has 3 atom stereocenters. The van der Waals surface area contributed by atoms with E-state index in [1.165, 1.54) is 45.1 Å². The number of amides is 1. The van der Waals surface area contributed by atoms with Crippen LogP contribution in [-0.4, -0.2) is 55.1 Å². The van der Waals surface area contributed by atoms with Crippen LogP contribution in [0.4, 0.5) is 0 Å². The lowest BCUT2D eigenvalue weighted by molar-refractivity contribution is -0.121. The Hall–Kier alpha value is -0.650. The summed E-state index contributed by atoms with van der Waals surface area (Å²) in [4.78, 5) is 14.5. The molecular formula is C17H32N4O. The molecule has 22 heavy (non-hydrogen) atoms. The van der Waals surface area contributed by atoms with Crippen LogP contribution in [-0.2, 0) is 4.79 Å². The van der Waals surface area contributed by atoms with E-state index in [9.17, 15) is 4.79 Å². The summed E-state index contributed by atoms with van der Waals surface area (Å²) in [6, 6.07) is 0.574. The lowest BCUT2D eigenvalue weighted by Crippen LogP contribution is -2.50. The number of hydrogen-bond donors (Lipinski definition) is 3. The Morgan fingerprint density at radius 1 is 1.05 bits per heavy atom. The van der Waals surface area contributed by atoms with E-state index in [-0.39, 0.29) is 11.4 Å². The molecule has 4 N–H and O–H groups in total. The maximum Gasteiger partial charge on any atom is 0.238 e. The summed E-state index contributed by atoms with van der Waals surface area (Å²) in [6.07, 6.45) is 9.70. The molecule has 126 valence electrons. The Balaban J connectivity index is 1.60. The highest BCUT2D eigenvalue weighted by Crippen LogP contribution is 2.46. The van der Waals surface area contributed by atoms with Gasteiger partial charge in [0.25, 0.3) is 0 Å². The zero-order chi connectivity index (χ0) is 15.4. The van der Waals surface area contributed by atoms with Crippen LogP contribution in [0.5, 0.6) is 0 Å². The molecule has 3 unspecified atom stereocenters. The molecule has 3 aliphatic rings. The van der Waals surface area contributed by atoms with Crippen molar-refractivity contribution in [3.05, 3.63) is 0 Å². The van der Waals surface area contributed by atoms with E-state index in [0.29, 0.717) is 12.0 Å². The predicted molar refractivity (Wildman–Crippen MR) is 88.6 cm³/mol. The van der Waals surface area contributed by atoms with Crippen LogP contribution in [0.1, 0.15) is 51.4 Å². The van der Waals surface area contributed by atoms with Crippen molar-refractivity contribution in [3.63, 3.8) is 0 Å². The minimum atomic E-state index is -0.382. The first kappa shape index (κ1) is 16.2. The summed E-state index contributed by atoms with van der Waals surface area (Å²) >= 11 is 0. The molecule has 2 aliphatic heterocycles. The molecule has 0 bridgehead atoms. The largest absolute Gasteiger partial charge is 0.368 e.